The van der Waals surface area contributed by atoms with Gasteiger partial charge < -0.3 is 39.1 Å². The van der Waals surface area contributed by atoms with Crippen LogP contribution in [0.5, 0.6) is 0 Å². The molecule has 1 aliphatic carbocycles. The Morgan fingerprint density at radius 2 is 1.91 bits per heavy atom. The van der Waals surface area contributed by atoms with Crippen molar-refractivity contribution in [3.05, 3.63) is 53.8 Å². The van der Waals surface area contributed by atoms with E-state index in [-0.39, 0.29) is 59.6 Å². The number of H-pyrrole nitrogens is 1. The molecule has 8 rings (SSSR count). The van der Waals surface area contributed by atoms with Crippen molar-refractivity contribution in [2.24, 2.45) is 11.8 Å². The van der Waals surface area contributed by atoms with E-state index in [0.29, 0.717) is 17.6 Å². The molecule has 242 valence electrons. The highest BCUT2D eigenvalue weighted by Gasteiger charge is 2.49. The van der Waals surface area contributed by atoms with Gasteiger partial charge in [-0.3, -0.25) is 18.4 Å². The summed E-state index contributed by atoms with van der Waals surface area (Å²) >= 11 is 9.48. The lowest BCUT2D eigenvalue weighted by Gasteiger charge is -2.45. The van der Waals surface area contributed by atoms with E-state index in [2.05, 4.69) is 42.2 Å². The molecule has 0 radical (unpaired) electrons. The number of aromatic amines is 1. The van der Waals surface area contributed by atoms with Crippen molar-refractivity contribution in [3.63, 3.8) is 0 Å². The number of nitrogens with one attached hydrogen (secondary N) is 1. The first-order chi connectivity index (χ1) is 22.0. The molecule has 3 aliphatic rings. The molecular formula is C23H24N10O9P2S2. The highest BCUT2D eigenvalue weighted by molar-refractivity contribution is 8.44. The zero-order valence-corrected chi connectivity index (χ0v) is 26.7. The van der Waals surface area contributed by atoms with Crippen molar-refractivity contribution in [2.75, 3.05) is 18.9 Å². The number of nitrogens with two attached hydrogens (primary N) is 1. The molecule has 0 amide bonds. The number of aliphatic hydroxyl groups is 1. The molecular weight excluding hydrogens is 686 g/mol. The summed E-state index contributed by atoms with van der Waals surface area (Å²) in [4.78, 5) is 48.1. The zero-order valence-electron chi connectivity index (χ0n) is 23.2. The number of thiol groups is 1. The van der Waals surface area contributed by atoms with Gasteiger partial charge in [0, 0.05) is 24.4 Å². The molecule has 7 heterocycles. The second kappa shape index (κ2) is 10.8. The maximum Gasteiger partial charge on any atom is 0.436 e. The Bertz CT molecular complexity index is 2200. The quantitative estimate of drug-likeness (QED) is 0.128. The number of aromatic nitrogens is 9. The van der Waals surface area contributed by atoms with E-state index < -0.39 is 37.5 Å². The number of ether oxygens (including phenoxy) is 1. The summed E-state index contributed by atoms with van der Waals surface area (Å²) in [6.45, 7) is -8.23. The number of nitrogens with zero attached hydrogens (tertiary/aromatic N) is 8. The second-order valence-electron chi connectivity index (χ2n) is 10.9. The van der Waals surface area contributed by atoms with E-state index >= 15 is 0 Å². The molecule has 0 aromatic carbocycles. The second-order valence-corrected chi connectivity index (χ2v) is 16.6. The summed E-state index contributed by atoms with van der Waals surface area (Å²) in [5.74, 6) is -0.366. The molecule has 2 bridgehead atoms. The lowest BCUT2D eigenvalue weighted by atomic mass is 9.70. The molecule has 46 heavy (non-hydrogen) atoms. The van der Waals surface area contributed by atoms with Crippen LogP contribution in [-0.2, 0) is 39.2 Å². The summed E-state index contributed by atoms with van der Waals surface area (Å²) in [6, 6.07) is -0.228. The summed E-state index contributed by atoms with van der Waals surface area (Å²) in [6.07, 6.45) is 4.32. The Hall–Kier alpha value is -3.39. The van der Waals surface area contributed by atoms with Crippen molar-refractivity contribution >= 4 is 71.5 Å². The minimum atomic E-state index is -4.05. The number of aliphatic hydroxyl groups excluding tert-OH is 1. The van der Waals surface area contributed by atoms with Gasteiger partial charge in [0.15, 0.2) is 28.8 Å². The molecule has 5 N–H and O–H groups in total. The van der Waals surface area contributed by atoms with Gasteiger partial charge in [0.2, 0.25) is 12.0 Å². The number of nitrogen functional groups attached to an aromatic ring is 1. The van der Waals surface area contributed by atoms with E-state index in [0.717, 1.165) is 6.26 Å². The van der Waals surface area contributed by atoms with Gasteiger partial charge in [-0.05, 0) is 36.4 Å². The lowest BCUT2D eigenvalue weighted by Crippen LogP contribution is -2.43. The molecule has 2 aliphatic heterocycles. The minimum Gasteiger partial charge on any atom is -0.465 e. The van der Waals surface area contributed by atoms with Crippen molar-refractivity contribution < 1.29 is 37.4 Å². The Balaban J connectivity index is 1.12. The maximum absolute atomic E-state index is 13.3. The molecule has 5 aromatic heterocycles. The van der Waals surface area contributed by atoms with Crippen LogP contribution in [0.15, 0.2) is 48.2 Å². The van der Waals surface area contributed by atoms with Crippen LogP contribution >= 0.6 is 25.8 Å². The molecule has 0 spiro atoms. The number of hydrogen-bond donors (Lipinski definition) is 5. The molecule has 8 atom stereocenters. The van der Waals surface area contributed by atoms with Crippen LogP contribution in [0.25, 0.3) is 28.1 Å². The maximum atomic E-state index is 13.3. The van der Waals surface area contributed by atoms with Crippen molar-refractivity contribution in [1.82, 2.24) is 43.4 Å². The van der Waals surface area contributed by atoms with Crippen LogP contribution in [-0.4, -0.2) is 78.9 Å². The molecule has 3 unspecified atom stereocenters. The monoisotopic (exact) mass is 710 g/mol. The van der Waals surface area contributed by atoms with Crippen LogP contribution in [0.3, 0.4) is 0 Å². The van der Waals surface area contributed by atoms with Gasteiger partial charge in [0.05, 0.1) is 19.5 Å². The predicted octanol–water partition coefficient (Wildman–Crippen LogP) is 1.41. The van der Waals surface area contributed by atoms with Crippen LogP contribution in [0.1, 0.15) is 18.7 Å². The molecule has 23 heteroatoms. The number of hydrogen-bond acceptors (Lipinski definition) is 15. The van der Waals surface area contributed by atoms with E-state index in [9.17, 15) is 19.4 Å². The molecule has 1 saturated carbocycles. The summed E-state index contributed by atoms with van der Waals surface area (Å²) in [7, 11) is 0. The Kier molecular flexibility index (Phi) is 7.06. The normalized spacial score (nSPS) is 34.7. The number of imidazole rings is 3. The fourth-order valence-corrected chi connectivity index (χ4v) is 8.43. The summed E-state index contributed by atoms with van der Waals surface area (Å²) < 4.78 is 46.4. The smallest absolute Gasteiger partial charge is 0.436 e. The van der Waals surface area contributed by atoms with E-state index in [1.54, 1.807) is 6.33 Å². The Labute approximate surface area is 267 Å². The number of fused-ring (bicyclic) bond motifs is 6. The fourth-order valence-electron chi connectivity index (χ4n) is 5.98. The predicted molar refractivity (Wildman–Crippen MR) is 165 cm³/mol. The average Bonchev–Trinajstić information content (AvgIpc) is 3.79. The summed E-state index contributed by atoms with van der Waals surface area (Å²) in [5, 5.41) is 11.2. The van der Waals surface area contributed by atoms with Crippen LogP contribution in [0.4, 0.5) is 5.82 Å². The van der Waals surface area contributed by atoms with Gasteiger partial charge in [-0.1, -0.05) is 0 Å². The van der Waals surface area contributed by atoms with Gasteiger partial charge in [0.1, 0.15) is 36.2 Å². The largest absolute Gasteiger partial charge is 0.465 e. The van der Waals surface area contributed by atoms with Crippen molar-refractivity contribution in [2.45, 2.75) is 30.9 Å². The highest BCUT2D eigenvalue weighted by Crippen LogP contribution is 2.58. The van der Waals surface area contributed by atoms with Crippen LogP contribution in [0, 0.1) is 11.8 Å². The van der Waals surface area contributed by atoms with Gasteiger partial charge in [-0.25, -0.2) is 33.9 Å². The Morgan fingerprint density at radius 3 is 2.76 bits per heavy atom. The van der Waals surface area contributed by atoms with Crippen molar-refractivity contribution in [1.29, 1.82) is 0 Å². The van der Waals surface area contributed by atoms with E-state index in [4.69, 9.17) is 40.4 Å². The lowest BCUT2D eigenvalue weighted by molar-refractivity contribution is -0.0223. The fraction of sp³-hybridized carbons (Fsp3) is 0.391. The number of anilines is 1. The minimum absolute atomic E-state index is 0.0419. The van der Waals surface area contributed by atoms with E-state index in [1.165, 1.54) is 34.0 Å². The molecule has 1 saturated heterocycles. The molecule has 19 nitrogen and oxygen atoms in total. The third-order valence-corrected chi connectivity index (χ3v) is 11.4. The van der Waals surface area contributed by atoms with Gasteiger partial charge in [0.25, 0.3) is 5.56 Å². The van der Waals surface area contributed by atoms with Crippen molar-refractivity contribution in [3.8, 4) is 0 Å². The molecule has 2 fully saturated rings. The first-order valence-electron chi connectivity index (χ1n) is 13.7. The first-order valence-corrected chi connectivity index (χ1v) is 19.0. The Morgan fingerprint density at radius 1 is 1.11 bits per heavy atom. The average molecular weight is 711 g/mol. The summed E-state index contributed by atoms with van der Waals surface area (Å²) in [5.41, 5.74) is 6.68. The standard InChI is InChI=1S/C23H24N10O9P2S2/c24-18-14-19(27-7-26-18)32(8-28-14)12-3-10-4-38-44(37,46)42-17-16(34)13(6-40-43(36,45)39-5-11(10)12)41-22(17)33-9-29-15-20(33)30-23-25-1-2-31(23)21(15)35/h1-2,6-12,16-17,22,34H,3-5H2,(H,25,30)(H,36,45)(H,37,46)(H2,24,26,27)/b13-6+/t10-,11-,12-,16-,17-,22?,43?,44?/m1/s1. The SMILES string of the molecule is Nc1ncnc2c1ncn2[C@@H]1C[C@@H]2COP(O)(=S)O[C@H]3C(n4cnc5c(=O)n6ccnc6[nH]c54)O/C(=C/OP(=O)(S)OC[C@H]21)[C@H]3O. The molecule has 5 aromatic rings. The first kappa shape index (κ1) is 30.0. The zero-order chi connectivity index (χ0) is 32.0. The van der Waals surface area contributed by atoms with Gasteiger partial charge >= 0.3 is 13.5 Å². The van der Waals surface area contributed by atoms with Gasteiger partial charge in [-0.15, -0.1) is 0 Å². The topological polar surface area (TPSA) is 241 Å². The number of rotatable bonds is 2. The third kappa shape index (κ3) is 4.94. The third-order valence-electron chi connectivity index (χ3n) is 8.33. The highest BCUT2D eigenvalue weighted by atomic mass is 32.7. The van der Waals surface area contributed by atoms with Gasteiger partial charge in [-0.2, -0.15) is 0 Å². The van der Waals surface area contributed by atoms with Crippen LogP contribution < -0.4 is 11.3 Å². The van der Waals surface area contributed by atoms with Crippen LogP contribution in [0.2, 0.25) is 0 Å². The van der Waals surface area contributed by atoms with E-state index in [1.807, 2.05) is 4.57 Å².